The molecule has 0 N–H and O–H groups in total. The fraction of sp³-hybridized carbons (Fsp3) is 0.0323. The third-order valence-corrected chi connectivity index (χ3v) is 16.0. The molecule has 0 aliphatic heterocycles. The topological polar surface area (TPSA) is 0 Å². The van der Waals surface area contributed by atoms with Crippen molar-refractivity contribution in [3.05, 3.63) is 133 Å². The van der Waals surface area contributed by atoms with E-state index in [2.05, 4.69) is 0 Å². The van der Waals surface area contributed by atoms with Gasteiger partial charge in [-0.3, -0.25) is 0 Å². The minimum atomic E-state index is -8.31. The Balaban J connectivity index is 2.04. The number of fused-ring (bicyclic) bond motifs is 2. The van der Waals surface area contributed by atoms with Gasteiger partial charge < -0.3 is 0 Å². The monoisotopic (exact) mass is 878 g/mol. The molecule has 24 heteroatoms. The summed E-state index contributed by atoms with van der Waals surface area (Å²) in [6.45, 7) is 0. The third kappa shape index (κ3) is 4.91. The summed E-state index contributed by atoms with van der Waals surface area (Å²) in [5.74, 6) is -74.1. The summed E-state index contributed by atoms with van der Waals surface area (Å²) in [6.07, 6.45) is 0. The zero-order valence-corrected chi connectivity index (χ0v) is 27.2. The van der Waals surface area contributed by atoms with E-state index in [1.807, 2.05) is 0 Å². The molecule has 288 valence electrons. The van der Waals surface area contributed by atoms with E-state index < -0.39 is 190 Å². The van der Waals surface area contributed by atoms with Crippen LogP contribution in [0.25, 0.3) is 27.7 Å². The molecule has 0 fully saturated rings. The molecule has 0 heterocycles. The molecular formula is C31F23Ga. The van der Waals surface area contributed by atoms with Gasteiger partial charge in [-0.1, -0.05) is 0 Å². The van der Waals surface area contributed by atoms with Crippen molar-refractivity contribution >= 4 is 41.1 Å². The van der Waals surface area contributed by atoms with E-state index in [-0.39, 0.29) is 0 Å². The van der Waals surface area contributed by atoms with Crippen LogP contribution in [-0.4, -0.2) is 16.2 Å². The summed E-state index contributed by atoms with van der Waals surface area (Å²) in [6, 6.07) is 0. The molecule has 0 aromatic heterocycles. The van der Waals surface area contributed by atoms with Crippen LogP contribution in [-0.2, 0) is 4.22 Å². The number of hydrogen-bond acceptors (Lipinski definition) is 0. The predicted molar refractivity (Wildman–Crippen MR) is 138 cm³/mol. The van der Waals surface area contributed by atoms with Gasteiger partial charge in [-0.05, 0) is 0 Å². The SMILES string of the molecule is FC1=C(F)[C](F)([Ga]([c]2c(F)c(F)c(F)c(F)c2-c2c(F)c(F)c(F)c(F)c2F)[c]2c(F)c(F)c(F)c3c(F)c(F)c(F)c(F)c23)c2c(F)c(F)c(F)c(F)c21. The Kier molecular flexibility index (Phi) is 9.30. The summed E-state index contributed by atoms with van der Waals surface area (Å²) in [4.78, 5) is 0. The number of benzene rings is 5. The number of allylic oxidation sites excluding steroid dienone is 1. The van der Waals surface area contributed by atoms with Gasteiger partial charge in [-0.2, -0.15) is 0 Å². The molecule has 6 rings (SSSR count). The van der Waals surface area contributed by atoms with E-state index in [1.165, 1.54) is 0 Å². The van der Waals surface area contributed by atoms with Gasteiger partial charge in [0.15, 0.2) is 0 Å². The van der Waals surface area contributed by atoms with Crippen LogP contribution in [0.1, 0.15) is 11.1 Å². The fourth-order valence-corrected chi connectivity index (χ4v) is 14.3. The van der Waals surface area contributed by atoms with Crippen LogP contribution in [0.15, 0.2) is 5.83 Å². The average Bonchev–Trinajstić information content (AvgIpc) is 3.35. The van der Waals surface area contributed by atoms with Crippen LogP contribution in [0.5, 0.6) is 0 Å². The van der Waals surface area contributed by atoms with E-state index in [0.717, 1.165) is 0 Å². The Morgan fingerprint density at radius 1 is 0.273 bits per heavy atom. The van der Waals surface area contributed by atoms with Gasteiger partial charge in [0, 0.05) is 0 Å². The van der Waals surface area contributed by atoms with E-state index in [1.54, 1.807) is 0 Å². The molecule has 5 aromatic carbocycles. The maximum atomic E-state index is 17.8. The molecule has 0 amide bonds. The van der Waals surface area contributed by atoms with Crippen LogP contribution in [0.2, 0.25) is 0 Å². The Morgan fingerprint density at radius 3 is 1.05 bits per heavy atom. The minimum absolute atomic E-state index is 2.81. The molecule has 1 unspecified atom stereocenters. The second kappa shape index (κ2) is 12.8. The van der Waals surface area contributed by atoms with Gasteiger partial charge in [0.2, 0.25) is 0 Å². The second-order valence-electron chi connectivity index (χ2n) is 11.1. The molecule has 0 nitrogen and oxygen atoms in total. The first-order valence-corrected chi connectivity index (χ1v) is 17.3. The van der Waals surface area contributed by atoms with Crippen molar-refractivity contribution in [2.24, 2.45) is 0 Å². The first kappa shape index (κ1) is 39.8. The van der Waals surface area contributed by atoms with Crippen LogP contribution in [0, 0.1) is 116 Å². The van der Waals surface area contributed by atoms with Crippen LogP contribution < -0.4 is 8.24 Å². The van der Waals surface area contributed by atoms with Crippen molar-refractivity contribution < 1.29 is 101 Å². The molecule has 1 aliphatic rings. The summed E-state index contributed by atoms with van der Waals surface area (Å²) in [5.41, 5.74) is -12.3. The van der Waals surface area contributed by atoms with Crippen molar-refractivity contribution in [1.29, 1.82) is 0 Å². The van der Waals surface area contributed by atoms with Gasteiger partial charge in [-0.25, -0.2) is 0 Å². The Bertz CT molecular complexity index is 2610. The van der Waals surface area contributed by atoms with Crippen LogP contribution >= 0.6 is 0 Å². The van der Waals surface area contributed by atoms with Gasteiger partial charge >= 0.3 is 291 Å². The molecule has 0 saturated carbocycles. The molecule has 1 aliphatic carbocycles. The quantitative estimate of drug-likeness (QED) is 0.0731. The number of hydrogen-bond donors (Lipinski definition) is 0. The summed E-state index contributed by atoms with van der Waals surface area (Å²) < 4.78 is 336. The van der Waals surface area contributed by atoms with Gasteiger partial charge in [0.1, 0.15) is 0 Å². The van der Waals surface area contributed by atoms with Crippen molar-refractivity contribution in [1.82, 2.24) is 0 Å². The normalized spacial score (nSPS) is 15.5. The van der Waals surface area contributed by atoms with E-state index in [9.17, 15) is 48.3 Å². The number of halogens is 23. The predicted octanol–water partition coefficient (Wildman–Crippen LogP) is 9.92. The molecule has 0 spiro atoms. The van der Waals surface area contributed by atoms with Crippen molar-refractivity contribution in [2.75, 3.05) is 0 Å². The Hall–Kier alpha value is -4.87. The first-order valence-electron chi connectivity index (χ1n) is 13.7. The third-order valence-electron chi connectivity index (χ3n) is 8.48. The van der Waals surface area contributed by atoms with E-state index in [4.69, 9.17) is 0 Å². The van der Waals surface area contributed by atoms with Gasteiger partial charge in [-0.15, -0.1) is 0 Å². The molecular weight excluding hydrogens is 879 g/mol. The van der Waals surface area contributed by atoms with Crippen LogP contribution in [0.4, 0.5) is 101 Å². The number of alkyl halides is 1. The molecule has 0 bridgehead atoms. The van der Waals surface area contributed by atoms with E-state index >= 15 is 52.7 Å². The van der Waals surface area contributed by atoms with Crippen molar-refractivity contribution in [2.45, 2.75) is 4.22 Å². The van der Waals surface area contributed by atoms with Crippen molar-refractivity contribution in [3.63, 3.8) is 0 Å². The Morgan fingerprint density at radius 2 is 0.582 bits per heavy atom. The summed E-state index contributed by atoms with van der Waals surface area (Å²) in [7, 11) is 0. The van der Waals surface area contributed by atoms with Gasteiger partial charge in [0.05, 0.1) is 0 Å². The molecule has 5 aromatic rings. The zero-order chi connectivity index (χ0) is 41.4. The van der Waals surface area contributed by atoms with Gasteiger partial charge in [0.25, 0.3) is 0 Å². The molecule has 0 radical (unpaired) electrons. The van der Waals surface area contributed by atoms with Crippen LogP contribution in [0.3, 0.4) is 0 Å². The average molecular weight is 879 g/mol. The first-order chi connectivity index (χ1) is 25.4. The van der Waals surface area contributed by atoms with E-state index in [0.29, 0.717) is 0 Å². The standard InChI is InChI=1S/C12F9.C10F7.C9F7.Ga/c13-3-1-2(5(14)9(18)6(3)15)4-7(16)10(19)12(21)11(20)8(4)17;11-3-1-2-4(7(14)6(3)13)8(15)10(17)9(16)5(2)12;10-3-1-2(4(11)7(3)14)6(13)9(16)8(15)5(1)12;. The molecule has 0 saturated heterocycles. The maximum absolute atomic E-state index is 17.8. The summed E-state index contributed by atoms with van der Waals surface area (Å²) >= 11 is -8.31. The van der Waals surface area contributed by atoms with Crippen molar-refractivity contribution in [3.8, 4) is 11.1 Å². The zero-order valence-electron chi connectivity index (χ0n) is 24.8. The Labute approximate surface area is 290 Å². The fourth-order valence-electron chi connectivity index (χ4n) is 6.16. The second-order valence-corrected chi connectivity index (χ2v) is 17.0. The molecule has 1 atom stereocenters. The summed E-state index contributed by atoms with van der Waals surface area (Å²) in [5, 5.41) is -5.71. The number of rotatable bonds is 4. The molecule has 55 heavy (non-hydrogen) atoms.